The van der Waals surface area contributed by atoms with E-state index in [1.165, 1.54) is 0 Å². The molecule has 5 heteroatoms. The van der Waals surface area contributed by atoms with E-state index in [1.807, 2.05) is 18.2 Å². The molecule has 3 N–H and O–H groups in total. The summed E-state index contributed by atoms with van der Waals surface area (Å²) < 4.78 is 11.0. The first-order valence-corrected chi connectivity index (χ1v) is 6.46. The van der Waals surface area contributed by atoms with Gasteiger partial charge >= 0.3 is 5.97 Å². The third-order valence-corrected chi connectivity index (χ3v) is 3.06. The van der Waals surface area contributed by atoms with Gasteiger partial charge in [-0.05, 0) is 35.4 Å². The van der Waals surface area contributed by atoms with Gasteiger partial charge in [-0.25, -0.2) is 4.79 Å². The van der Waals surface area contributed by atoms with Gasteiger partial charge in [-0.3, -0.25) is 0 Å². The van der Waals surface area contributed by atoms with E-state index < -0.39 is 5.97 Å². The van der Waals surface area contributed by atoms with E-state index in [4.69, 9.17) is 20.3 Å². The Labute approximate surface area is 122 Å². The molecule has 0 atom stereocenters. The van der Waals surface area contributed by atoms with Gasteiger partial charge in [-0.15, -0.1) is 0 Å². The molecule has 5 nitrogen and oxygen atoms in total. The summed E-state index contributed by atoms with van der Waals surface area (Å²) in [5, 5.41) is 8.85. The standard InChI is InChI=1S/C16H17NO4/c1-20-14-7-4-12(9-17)8-15(14)21-10-11-2-5-13(6-3-11)16(18)19/h2-8H,9-10,17H2,1H3,(H,18,19). The second-order valence-electron chi connectivity index (χ2n) is 4.48. The van der Waals surface area contributed by atoms with Crippen molar-refractivity contribution in [3.05, 3.63) is 59.2 Å². The summed E-state index contributed by atoms with van der Waals surface area (Å²) in [6.07, 6.45) is 0. The monoisotopic (exact) mass is 287 g/mol. The number of hydrogen-bond donors (Lipinski definition) is 2. The molecule has 2 aromatic carbocycles. The summed E-state index contributed by atoms with van der Waals surface area (Å²) in [5.41, 5.74) is 7.69. The molecule has 2 rings (SSSR count). The molecular formula is C16H17NO4. The summed E-state index contributed by atoms with van der Waals surface area (Å²) >= 11 is 0. The van der Waals surface area contributed by atoms with Crippen molar-refractivity contribution < 1.29 is 19.4 Å². The van der Waals surface area contributed by atoms with Crippen LogP contribution in [0.1, 0.15) is 21.5 Å². The fraction of sp³-hybridized carbons (Fsp3) is 0.188. The Morgan fingerprint density at radius 3 is 2.33 bits per heavy atom. The number of nitrogens with two attached hydrogens (primary N) is 1. The second-order valence-corrected chi connectivity index (χ2v) is 4.48. The van der Waals surface area contributed by atoms with E-state index in [1.54, 1.807) is 31.4 Å². The van der Waals surface area contributed by atoms with Gasteiger partial charge in [0.15, 0.2) is 11.5 Å². The Bertz CT molecular complexity index is 623. The van der Waals surface area contributed by atoms with Crippen molar-refractivity contribution in [3.63, 3.8) is 0 Å². The van der Waals surface area contributed by atoms with Gasteiger partial charge < -0.3 is 20.3 Å². The molecule has 0 radical (unpaired) electrons. The summed E-state index contributed by atoms with van der Waals surface area (Å²) in [4.78, 5) is 10.8. The zero-order valence-electron chi connectivity index (χ0n) is 11.7. The van der Waals surface area contributed by atoms with Gasteiger partial charge in [0.1, 0.15) is 6.61 Å². The number of carboxylic acid groups (broad SMARTS) is 1. The minimum absolute atomic E-state index is 0.251. The van der Waals surface area contributed by atoms with Crippen LogP contribution < -0.4 is 15.2 Å². The smallest absolute Gasteiger partial charge is 0.335 e. The maximum atomic E-state index is 10.8. The number of methoxy groups -OCH3 is 1. The average molecular weight is 287 g/mol. The number of carboxylic acids is 1. The number of ether oxygens (including phenoxy) is 2. The molecule has 0 saturated heterocycles. The predicted molar refractivity (Wildman–Crippen MR) is 78.6 cm³/mol. The van der Waals surface area contributed by atoms with Crippen molar-refractivity contribution in [1.29, 1.82) is 0 Å². The minimum Gasteiger partial charge on any atom is -0.493 e. The summed E-state index contributed by atoms with van der Waals surface area (Å²) in [5.74, 6) is 0.303. The third kappa shape index (κ3) is 3.73. The van der Waals surface area contributed by atoms with Crippen molar-refractivity contribution >= 4 is 5.97 Å². The lowest BCUT2D eigenvalue weighted by molar-refractivity contribution is 0.0697. The maximum Gasteiger partial charge on any atom is 0.335 e. The Balaban J connectivity index is 2.10. The topological polar surface area (TPSA) is 81.8 Å². The van der Waals surface area contributed by atoms with Crippen LogP contribution in [0.5, 0.6) is 11.5 Å². The van der Waals surface area contributed by atoms with Crippen LogP contribution in [-0.4, -0.2) is 18.2 Å². The minimum atomic E-state index is -0.945. The molecule has 21 heavy (non-hydrogen) atoms. The first-order valence-electron chi connectivity index (χ1n) is 6.46. The molecule has 0 fully saturated rings. The van der Waals surface area contributed by atoms with Crippen molar-refractivity contribution in [1.82, 2.24) is 0 Å². The summed E-state index contributed by atoms with van der Waals surface area (Å²) in [6.45, 7) is 0.748. The Hall–Kier alpha value is -2.53. The van der Waals surface area contributed by atoms with Gasteiger partial charge in [-0.2, -0.15) is 0 Å². The second kappa shape index (κ2) is 6.76. The molecular weight excluding hydrogens is 270 g/mol. The molecule has 0 aliphatic heterocycles. The van der Waals surface area contributed by atoms with Crippen molar-refractivity contribution in [2.45, 2.75) is 13.2 Å². The van der Waals surface area contributed by atoms with Crippen LogP contribution in [0.15, 0.2) is 42.5 Å². The highest BCUT2D eigenvalue weighted by Crippen LogP contribution is 2.28. The molecule has 0 bridgehead atoms. The van der Waals surface area contributed by atoms with Crippen LogP contribution in [0, 0.1) is 0 Å². The van der Waals surface area contributed by atoms with E-state index in [-0.39, 0.29) is 5.56 Å². The zero-order chi connectivity index (χ0) is 15.2. The van der Waals surface area contributed by atoms with Gasteiger partial charge in [0.2, 0.25) is 0 Å². The van der Waals surface area contributed by atoms with Gasteiger partial charge in [0.05, 0.1) is 12.7 Å². The summed E-state index contributed by atoms with van der Waals surface area (Å²) in [7, 11) is 1.58. The van der Waals surface area contributed by atoms with Crippen molar-refractivity contribution in [2.24, 2.45) is 5.73 Å². The van der Waals surface area contributed by atoms with Crippen LogP contribution >= 0.6 is 0 Å². The molecule has 0 saturated carbocycles. The zero-order valence-corrected chi connectivity index (χ0v) is 11.7. The molecule has 2 aromatic rings. The molecule has 110 valence electrons. The molecule has 0 amide bonds. The van der Waals surface area contributed by atoms with Crippen LogP contribution in [0.3, 0.4) is 0 Å². The Morgan fingerprint density at radius 2 is 1.76 bits per heavy atom. The number of benzene rings is 2. The van der Waals surface area contributed by atoms with E-state index >= 15 is 0 Å². The molecule has 0 aliphatic carbocycles. The van der Waals surface area contributed by atoms with Gasteiger partial charge in [-0.1, -0.05) is 18.2 Å². The van der Waals surface area contributed by atoms with Crippen LogP contribution in [-0.2, 0) is 13.2 Å². The summed E-state index contributed by atoms with van der Waals surface area (Å²) in [6, 6.07) is 12.1. The lowest BCUT2D eigenvalue weighted by Gasteiger charge is -2.12. The quantitative estimate of drug-likeness (QED) is 0.852. The van der Waals surface area contributed by atoms with Crippen LogP contribution in [0.2, 0.25) is 0 Å². The fourth-order valence-corrected chi connectivity index (χ4v) is 1.87. The lowest BCUT2D eigenvalue weighted by atomic mass is 10.1. The largest absolute Gasteiger partial charge is 0.493 e. The molecule has 0 aromatic heterocycles. The first kappa shape index (κ1) is 14.9. The first-order chi connectivity index (χ1) is 10.1. The predicted octanol–water partition coefficient (Wildman–Crippen LogP) is 2.43. The highest BCUT2D eigenvalue weighted by Gasteiger charge is 2.07. The van der Waals surface area contributed by atoms with E-state index in [2.05, 4.69) is 0 Å². The Morgan fingerprint density at radius 1 is 1.10 bits per heavy atom. The number of aromatic carboxylic acids is 1. The SMILES string of the molecule is COc1ccc(CN)cc1OCc1ccc(C(=O)O)cc1. The maximum absolute atomic E-state index is 10.8. The van der Waals surface area contributed by atoms with Crippen LogP contribution in [0.25, 0.3) is 0 Å². The van der Waals surface area contributed by atoms with Gasteiger partial charge in [0, 0.05) is 6.54 Å². The number of carbonyl (C=O) groups is 1. The molecule has 0 heterocycles. The van der Waals surface area contributed by atoms with Gasteiger partial charge in [0.25, 0.3) is 0 Å². The van der Waals surface area contributed by atoms with E-state index in [9.17, 15) is 4.79 Å². The normalized spacial score (nSPS) is 10.2. The van der Waals surface area contributed by atoms with E-state index in [0.717, 1.165) is 11.1 Å². The fourth-order valence-electron chi connectivity index (χ4n) is 1.87. The van der Waals surface area contributed by atoms with Crippen molar-refractivity contribution in [2.75, 3.05) is 7.11 Å². The highest BCUT2D eigenvalue weighted by atomic mass is 16.5. The third-order valence-electron chi connectivity index (χ3n) is 3.06. The lowest BCUT2D eigenvalue weighted by Crippen LogP contribution is -2.02. The number of rotatable bonds is 6. The number of hydrogen-bond acceptors (Lipinski definition) is 4. The Kier molecular flexibility index (Phi) is 4.79. The molecule has 0 aliphatic rings. The molecule has 0 spiro atoms. The average Bonchev–Trinajstić information content (AvgIpc) is 2.52. The highest BCUT2D eigenvalue weighted by molar-refractivity contribution is 5.87. The van der Waals surface area contributed by atoms with Crippen molar-refractivity contribution in [3.8, 4) is 11.5 Å². The van der Waals surface area contributed by atoms with E-state index in [0.29, 0.717) is 24.7 Å². The van der Waals surface area contributed by atoms with Crippen LogP contribution in [0.4, 0.5) is 0 Å². The molecule has 0 unspecified atom stereocenters.